The van der Waals surface area contributed by atoms with Crippen LogP contribution in [0.2, 0.25) is 25.1 Å². The van der Waals surface area contributed by atoms with Crippen molar-refractivity contribution in [2.24, 2.45) is 10.2 Å². The fourth-order valence-electron chi connectivity index (χ4n) is 8.99. The standard InChI is InChI=1S/C16H17BrClNO4.C15H17BrClNO5S.C14H16BrClN2O4.C14H15BrClNO3.C6H5BrClN/c1-3-22-12(20)8-6-10-9-5-7-11(18)13(17)14(9)19-15(10)16(21)23-4-2;1-3-22-15(19)14-9(5-4-8-23-24(2,20)21)10-6-7-11(17)12(16)13(10)18-14;1-2-22-14(21)11(7-4-8-12(19)20)18-17-10-6-3-5-9(16)13(10)15;1-2-20-14(19)13-8(4-3-7-18)9-5-6-10(16)11(15)12(9)17-13;7-6-4(8)2-1-3-5(6)9/h5,7,19H,3-4,6,8H2,1-2H3;6-7,18H,3-5,8H2,1-2H3;3,5-6,11H,2,4,7-8H2,1H3,(H,19,20);5-6,17-18H,2-4,7H2,1H3;1-3H,9H2. The maximum absolute atomic E-state index is 12.2. The number of rotatable bonds is 26. The molecule has 0 fully saturated rings. The van der Waals surface area contributed by atoms with Gasteiger partial charge in [-0.25, -0.2) is 19.2 Å². The number of carboxylic acid groups (broad SMARTS) is 1. The summed E-state index contributed by atoms with van der Waals surface area (Å²) in [6.07, 6.45) is 4.17. The van der Waals surface area contributed by atoms with Gasteiger partial charge in [0.05, 0.1) is 110 Å². The van der Waals surface area contributed by atoms with Crippen LogP contribution < -0.4 is 5.73 Å². The first-order chi connectivity index (χ1) is 46.5. The molecule has 0 radical (unpaired) electrons. The fraction of sp³-hybridized carbons (Fsp3) is 0.354. The Bertz CT molecular complexity index is 4210. The third kappa shape index (κ3) is 25.6. The minimum absolute atomic E-state index is 0.0354. The van der Waals surface area contributed by atoms with Gasteiger partial charge in [-0.1, -0.05) is 88.3 Å². The summed E-state index contributed by atoms with van der Waals surface area (Å²) in [7, 11) is -3.48. The molecule has 3 heterocycles. The molecule has 8 aromatic rings. The first kappa shape index (κ1) is 85.1. The first-order valence-corrected chi connectivity index (χ1v) is 37.7. The molecular weight excluding hydrogens is 1730 g/mol. The normalized spacial score (nSPS) is 11.3. The van der Waals surface area contributed by atoms with Crippen molar-refractivity contribution in [2.45, 2.75) is 98.4 Å². The summed E-state index contributed by atoms with van der Waals surface area (Å²) in [5.74, 6) is -3.04. The minimum Gasteiger partial charge on any atom is -0.481 e. The van der Waals surface area contributed by atoms with Crippen molar-refractivity contribution in [3.63, 3.8) is 0 Å². The predicted octanol–water partition coefficient (Wildman–Crippen LogP) is 18.7. The zero-order chi connectivity index (χ0) is 73.0. The lowest BCUT2D eigenvalue weighted by molar-refractivity contribution is -0.145. The smallest absolute Gasteiger partial charge is 0.355 e. The van der Waals surface area contributed by atoms with Crippen molar-refractivity contribution in [3.8, 4) is 0 Å². The second-order valence-corrected chi connectivity index (χ2v) is 27.8. The first-order valence-electron chi connectivity index (χ1n) is 30.0. The third-order valence-electron chi connectivity index (χ3n) is 13.3. The highest BCUT2D eigenvalue weighted by Crippen LogP contribution is 2.38. The van der Waals surface area contributed by atoms with E-state index < -0.39 is 40.0 Å². The van der Waals surface area contributed by atoms with E-state index in [1.165, 1.54) is 0 Å². The molecule has 3 aromatic heterocycles. The van der Waals surface area contributed by atoms with Gasteiger partial charge in [0.1, 0.15) is 22.8 Å². The van der Waals surface area contributed by atoms with Crippen molar-refractivity contribution in [1.29, 1.82) is 0 Å². The monoisotopic (exact) mass is 1790 g/mol. The summed E-state index contributed by atoms with van der Waals surface area (Å²) in [5.41, 5.74) is 12.3. The number of nitrogens with one attached hydrogen (secondary N) is 3. The van der Waals surface area contributed by atoms with Crippen molar-refractivity contribution < 1.29 is 75.3 Å². The van der Waals surface area contributed by atoms with Gasteiger partial charge < -0.3 is 54.6 Å². The topological polar surface area (TPSA) is 331 Å². The molecule has 0 bridgehead atoms. The Morgan fingerprint density at radius 2 is 0.939 bits per heavy atom. The van der Waals surface area contributed by atoms with Gasteiger partial charge in [-0.05, 0) is 218 Å². The van der Waals surface area contributed by atoms with Gasteiger partial charge in [-0.15, -0.1) is 0 Å². The number of esters is 5. The molecule has 7 N–H and O–H groups in total. The van der Waals surface area contributed by atoms with Gasteiger partial charge in [-0.2, -0.15) is 18.6 Å². The number of fused-ring (bicyclic) bond motifs is 3. The summed E-state index contributed by atoms with van der Waals surface area (Å²) in [5, 5.41) is 31.0. The number of anilines is 1. The molecule has 0 saturated carbocycles. The van der Waals surface area contributed by atoms with E-state index in [-0.39, 0.29) is 64.2 Å². The number of benzene rings is 5. The molecule has 98 heavy (non-hydrogen) atoms. The number of aliphatic hydroxyl groups excluding tert-OH is 1. The van der Waals surface area contributed by atoms with Crippen LogP contribution in [0.5, 0.6) is 0 Å². The molecular formula is C65H70Br5Cl5N6O16S. The molecule has 1 atom stereocenters. The molecule has 8 rings (SSSR count). The molecule has 0 saturated heterocycles. The van der Waals surface area contributed by atoms with Crippen molar-refractivity contribution in [3.05, 3.63) is 154 Å². The van der Waals surface area contributed by atoms with Crippen molar-refractivity contribution in [1.82, 2.24) is 15.0 Å². The number of hydrogen-bond acceptors (Lipinski definition) is 18. The summed E-state index contributed by atoms with van der Waals surface area (Å²) in [6, 6.07) is 20.4. The number of aliphatic carboxylic acids is 1. The highest BCUT2D eigenvalue weighted by molar-refractivity contribution is 9.11. The summed E-state index contributed by atoms with van der Waals surface area (Å²) >= 11 is 46.7. The van der Waals surface area contributed by atoms with Gasteiger partial charge in [0, 0.05) is 41.3 Å². The lowest BCUT2D eigenvalue weighted by atomic mass is 10.1. The highest BCUT2D eigenvalue weighted by atomic mass is 79.9. The molecule has 1 unspecified atom stereocenters. The Hall–Kier alpha value is -5.34. The van der Waals surface area contributed by atoms with E-state index in [1.54, 1.807) is 83.1 Å². The Morgan fingerprint density at radius 3 is 1.34 bits per heavy atom. The molecule has 0 aliphatic carbocycles. The number of nitrogens with zero attached hydrogens (tertiary/aromatic N) is 2. The molecule has 33 heteroatoms. The van der Waals surface area contributed by atoms with Crippen LogP contribution in [-0.4, -0.2) is 128 Å². The average molecular weight is 1800 g/mol. The van der Waals surface area contributed by atoms with Crippen LogP contribution >= 0.6 is 138 Å². The Kier molecular flexibility index (Phi) is 37.2. The van der Waals surface area contributed by atoms with Crippen molar-refractivity contribution in [2.75, 3.05) is 58.2 Å². The number of carbonyl (C=O) groups is 6. The Balaban J connectivity index is 0.000000266. The van der Waals surface area contributed by atoms with E-state index in [2.05, 4.69) is 105 Å². The van der Waals surface area contributed by atoms with Gasteiger partial charge in [0.25, 0.3) is 10.1 Å². The number of aryl methyl sites for hydroxylation is 3. The lowest BCUT2D eigenvalue weighted by Crippen LogP contribution is -2.21. The number of nitrogen functional groups attached to an aromatic ring is 1. The van der Waals surface area contributed by atoms with E-state index in [0.717, 1.165) is 53.6 Å². The lowest BCUT2D eigenvalue weighted by Gasteiger charge is -2.09. The number of aromatic amines is 3. The zero-order valence-corrected chi connectivity index (χ0v) is 66.1. The number of ether oxygens (including phenoxy) is 5. The minimum atomic E-state index is -3.48. The number of nitrogens with two attached hydrogens (primary N) is 1. The quantitative estimate of drug-likeness (QED) is 0.00732. The number of azo groups is 1. The van der Waals surface area contributed by atoms with Crippen LogP contribution in [0.3, 0.4) is 0 Å². The maximum Gasteiger partial charge on any atom is 0.355 e. The van der Waals surface area contributed by atoms with Crippen LogP contribution in [-0.2, 0) is 71.6 Å². The number of halogens is 10. The van der Waals surface area contributed by atoms with E-state index in [9.17, 15) is 37.2 Å². The van der Waals surface area contributed by atoms with Gasteiger partial charge >= 0.3 is 35.8 Å². The van der Waals surface area contributed by atoms with E-state index in [1.807, 2.05) is 24.3 Å². The van der Waals surface area contributed by atoms with E-state index in [0.29, 0.717) is 130 Å². The third-order valence-corrected chi connectivity index (χ3v) is 20.8. The molecule has 0 aliphatic rings. The Labute approximate surface area is 633 Å². The van der Waals surface area contributed by atoms with Gasteiger partial charge in [-0.3, -0.25) is 13.8 Å². The summed E-state index contributed by atoms with van der Waals surface area (Å²) < 4.78 is 55.3. The van der Waals surface area contributed by atoms with Crippen LogP contribution in [0, 0.1) is 0 Å². The van der Waals surface area contributed by atoms with Gasteiger partial charge in [0.15, 0.2) is 6.04 Å². The number of hydrogen-bond donors (Lipinski definition) is 6. The second-order valence-electron chi connectivity index (χ2n) is 20.2. The average Bonchev–Trinajstić information content (AvgIpc) is 1.64. The Morgan fingerprint density at radius 1 is 0.531 bits per heavy atom. The highest BCUT2D eigenvalue weighted by Gasteiger charge is 2.25. The molecule has 0 amide bonds. The number of carboxylic acids is 1. The van der Waals surface area contributed by atoms with Crippen LogP contribution in [0.1, 0.15) is 121 Å². The van der Waals surface area contributed by atoms with E-state index >= 15 is 0 Å². The summed E-state index contributed by atoms with van der Waals surface area (Å²) in [6.45, 7) is 10.2. The number of H-pyrrole nitrogens is 3. The van der Waals surface area contributed by atoms with E-state index in [4.69, 9.17) is 102 Å². The van der Waals surface area contributed by atoms with Crippen molar-refractivity contribution >= 4 is 228 Å². The predicted molar refractivity (Wildman–Crippen MR) is 400 cm³/mol. The fourth-order valence-corrected chi connectivity index (χ4v) is 12.2. The van der Waals surface area contributed by atoms with Crippen LogP contribution in [0.15, 0.2) is 105 Å². The molecule has 5 aromatic carbocycles. The number of aliphatic hydroxyl groups is 1. The molecule has 0 spiro atoms. The summed E-state index contributed by atoms with van der Waals surface area (Å²) in [4.78, 5) is 79.6. The number of carbonyl (C=O) groups excluding carboxylic acids is 5. The molecule has 532 valence electrons. The van der Waals surface area contributed by atoms with Crippen LogP contribution in [0.25, 0.3) is 32.7 Å². The molecule has 22 nitrogen and oxygen atoms in total. The number of aromatic nitrogens is 3. The SMILES string of the molecule is CCOC(=O)C(CCCC(=O)O)N=Nc1cccc(Cl)c1Br.CCOC(=O)CCc1c(C(=O)OCC)[nH]c2c(Br)c(Cl)ccc12.CCOC(=O)c1[nH]c2c(Br)c(Cl)ccc2c1CCCO.CCOC(=O)c1[nH]c2c(Br)c(Cl)ccc2c1CCCOS(C)(=O)=O.Nc1cccc(Cl)c1Br. The molecule has 0 aliphatic heterocycles. The largest absolute Gasteiger partial charge is 0.481 e. The van der Waals surface area contributed by atoms with Crippen LogP contribution in [0.4, 0.5) is 11.4 Å². The van der Waals surface area contributed by atoms with Gasteiger partial charge in [0.2, 0.25) is 0 Å². The second kappa shape index (κ2) is 42.8. The zero-order valence-electron chi connectivity index (χ0n) is 53.6. The maximum atomic E-state index is 12.2.